The molecule has 0 radical (unpaired) electrons. The van der Waals surface area contributed by atoms with Crippen LogP contribution in [-0.4, -0.2) is 41.4 Å². The molecule has 1 aliphatic heterocycles. The Bertz CT molecular complexity index is 929. The number of hydrogen-bond donors (Lipinski definition) is 0. The highest BCUT2D eigenvalue weighted by Gasteiger charge is 2.22. The van der Waals surface area contributed by atoms with Gasteiger partial charge in [0.25, 0.3) is 0 Å². The maximum absolute atomic E-state index is 4.61. The SMILES string of the molecule is Cc1ccc(N2CCN(c3nnc(Cc4ccccc4)c(C)c3C)CC2)nc1. The van der Waals surface area contributed by atoms with Crippen LogP contribution in [0.4, 0.5) is 11.6 Å². The van der Waals surface area contributed by atoms with Crippen LogP contribution in [0.25, 0.3) is 0 Å². The third-order valence-electron chi connectivity index (χ3n) is 5.61. The van der Waals surface area contributed by atoms with Gasteiger partial charge in [0.2, 0.25) is 0 Å². The summed E-state index contributed by atoms with van der Waals surface area (Å²) in [5, 5.41) is 9.19. The van der Waals surface area contributed by atoms with E-state index in [-0.39, 0.29) is 0 Å². The molecule has 1 saturated heterocycles. The van der Waals surface area contributed by atoms with Crippen LogP contribution >= 0.6 is 0 Å². The van der Waals surface area contributed by atoms with Crippen molar-refractivity contribution in [1.29, 1.82) is 0 Å². The first-order valence-electron chi connectivity index (χ1n) is 9.91. The molecule has 0 aliphatic carbocycles. The molecule has 4 rings (SSSR count). The summed E-state index contributed by atoms with van der Waals surface area (Å²) in [6, 6.07) is 14.7. The molecule has 0 saturated carbocycles. The van der Waals surface area contributed by atoms with Crippen molar-refractivity contribution in [3.63, 3.8) is 0 Å². The van der Waals surface area contributed by atoms with Gasteiger partial charge in [0, 0.05) is 38.8 Å². The third-order valence-corrected chi connectivity index (χ3v) is 5.61. The molecule has 0 N–H and O–H groups in total. The van der Waals surface area contributed by atoms with Crippen LogP contribution in [0.5, 0.6) is 0 Å². The Labute approximate surface area is 167 Å². The minimum absolute atomic E-state index is 0.827. The summed E-state index contributed by atoms with van der Waals surface area (Å²) in [5.41, 5.74) is 6.01. The molecule has 3 aromatic rings. The van der Waals surface area contributed by atoms with Crippen LogP contribution in [0.3, 0.4) is 0 Å². The standard InChI is InChI=1S/C23H27N5/c1-17-9-10-22(24-16-17)27-11-13-28(14-12-27)23-19(3)18(2)21(25-26-23)15-20-7-5-4-6-8-20/h4-10,16H,11-15H2,1-3H3. The molecule has 2 aromatic heterocycles. The quantitative estimate of drug-likeness (QED) is 0.697. The molecule has 1 aromatic carbocycles. The number of aromatic nitrogens is 3. The van der Waals surface area contributed by atoms with Crippen molar-refractivity contribution in [3.05, 3.63) is 76.6 Å². The Morgan fingerprint density at radius 3 is 2.18 bits per heavy atom. The number of piperazine rings is 1. The first-order valence-corrected chi connectivity index (χ1v) is 9.91. The zero-order chi connectivity index (χ0) is 19.5. The minimum Gasteiger partial charge on any atom is -0.353 e. The third kappa shape index (κ3) is 3.84. The van der Waals surface area contributed by atoms with E-state index in [0.29, 0.717) is 0 Å². The lowest BCUT2D eigenvalue weighted by molar-refractivity contribution is 0.634. The van der Waals surface area contributed by atoms with Crippen molar-refractivity contribution < 1.29 is 0 Å². The summed E-state index contributed by atoms with van der Waals surface area (Å²) in [7, 11) is 0. The van der Waals surface area contributed by atoms with Gasteiger partial charge in [-0.2, -0.15) is 5.10 Å². The Kier molecular flexibility index (Phi) is 5.24. The van der Waals surface area contributed by atoms with Crippen LogP contribution in [0.15, 0.2) is 48.7 Å². The Hall–Kier alpha value is -2.95. The highest BCUT2D eigenvalue weighted by atomic mass is 15.3. The lowest BCUT2D eigenvalue weighted by Gasteiger charge is -2.36. The molecule has 1 aliphatic rings. The van der Waals surface area contributed by atoms with Crippen molar-refractivity contribution in [1.82, 2.24) is 15.2 Å². The van der Waals surface area contributed by atoms with E-state index in [1.165, 1.54) is 22.3 Å². The van der Waals surface area contributed by atoms with Gasteiger partial charge >= 0.3 is 0 Å². The van der Waals surface area contributed by atoms with E-state index in [4.69, 9.17) is 0 Å². The molecule has 0 spiro atoms. The smallest absolute Gasteiger partial charge is 0.154 e. The zero-order valence-corrected chi connectivity index (χ0v) is 16.9. The Morgan fingerprint density at radius 1 is 0.786 bits per heavy atom. The van der Waals surface area contributed by atoms with Crippen LogP contribution in [0.2, 0.25) is 0 Å². The summed E-state index contributed by atoms with van der Waals surface area (Å²) in [5.74, 6) is 2.08. The van der Waals surface area contributed by atoms with Gasteiger partial charge in [0.15, 0.2) is 5.82 Å². The van der Waals surface area contributed by atoms with Crippen molar-refractivity contribution in [3.8, 4) is 0 Å². The zero-order valence-electron chi connectivity index (χ0n) is 16.9. The summed E-state index contributed by atoms with van der Waals surface area (Å²) in [6.45, 7) is 10.2. The molecular weight excluding hydrogens is 346 g/mol. The van der Waals surface area contributed by atoms with Gasteiger partial charge in [-0.15, -0.1) is 5.10 Å². The highest BCUT2D eigenvalue weighted by molar-refractivity contribution is 5.52. The number of aryl methyl sites for hydroxylation is 1. The second-order valence-electron chi connectivity index (χ2n) is 7.55. The summed E-state index contributed by atoms with van der Waals surface area (Å²) >= 11 is 0. The predicted molar refractivity (Wildman–Crippen MR) is 114 cm³/mol. The van der Waals surface area contributed by atoms with Crippen LogP contribution in [0, 0.1) is 20.8 Å². The second kappa shape index (κ2) is 7.97. The Balaban J connectivity index is 1.46. The number of anilines is 2. The van der Waals surface area contributed by atoms with E-state index >= 15 is 0 Å². The molecule has 0 amide bonds. The number of nitrogens with zero attached hydrogens (tertiary/aromatic N) is 5. The van der Waals surface area contributed by atoms with Crippen molar-refractivity contribution >= 4 is 11.6 Å². The number of benzene rings is 1. The molecule has 5 heteroatoms. The predicted octanol–water partition coefficient (Wildman–Crippen LogP) is 3.71. The summed E-state index contributed by atoms with van der Waals surface area (Å²) in [4.78, 5) is 9.26. The number of pyridine rings is 1. The van der Waals surface area contributed by atoms with Gasteiger partial charge in [-0.05, 0) is 49.1 Å². The largest absolute Gasteiger partial charge is 0.353 e. The van der Waals surface area contributed by atoms with Gasteiger partial charge in [-0.1, -0.05) is 36.4 Å². The molecule has 144 valence electrons. The van der Waals surface area contributed by atoms with Crippen molar-refractivity contribution in [2.75, 3.05) is 36.0 Å². The topological polar surface area (TPSA) is 45.2 Å². The van der Waals surface area contributed by atoms with Gasteiger partial charge in [-0.3, -0.25) is 0 Å². The van der Waals surface area contributed by atoms with E-state index in [1.54, 1.807) is 0 Å². The molecule has 3 heterocycles. The monoisotopic (exact) mass is 373 g/mol. The van der Waals surface area contributed by atoms with Gasteiger partial charge < -0.3 is 9.80 Å². The van der Waals surface area contributed by atoms with Gasteiger partial charge in [0.05, 0.1) is 5.69 Å². The van der Waals surface area contributed by atoms with E-state index in [2.05, 4.69) is 82.2 Å². The van der Waals surface area contributed by atoms with Gasteiger partial charge in [-0.25, -0.2) is 4.98 Å². The van der Waals surface area contributed by atoms with E-state index in [1.807, 2.05) is 12.3 Å². The van der Waals surface area contributed by atoms with Crippen molar-refractivity contribution in [2.45, 2.75) is 27.2 Å². The molecule has 0 bridgehead atoms. The molecule has 5 nitrogen and oxygen atoms in total. The van der Waals surface area contributed by atoms with Crippen LogP contribution in [-0.2, 0) is 6.42 Å². The summed E-state index contributed by atoms with van der Waals surface area (Å²) in [6.07, 6.45) is 2.76. The first-order chi connectivity index (χ1) is 13.6. The second-order valence-corrected chi connectivity index (χ2v) is 7.55. The number of rotatable bonds is 4. The van der Waals surface area contributed by atoms with E-state index in [0.717, 1.165) is 49.9 Å². The molecule has 0 unspecified atom stereocenters. The average molecular weight is 374 g/mol. The van der Waals surface area contributed by atoms with Gasteiger partial charge in [0.1, 0.15) is 5.82 Å². The maximum Gasteiger partial charge on any atom is 0.154 e. The van der Waals surface area contributed by atoms with E-state index in [9.17, 15) is 0 Å². The van der Waals surface area contributed by atoms with Crippen LogP contribution < -0.4 is 9.80 Å². The maximum atomic E-state index is 4.61. The lowest BCUT2D eigenvalue weighted by Crippen LogP contribution is -2.47. The Morgan fingerprint density at radius 2 is 1.50 bits per heavy atom. The normalized spacial score (nSPS) is 14.4. The highest BCUT2D eigenvalue weighted by Crippen LogP contribution is 2.24. The average Bonchev–Trinajstić information content (AvgIpc) is 2.73. The molecule has 28 heavy (non-hydrogen) atoms. The molecule has 0 atom stereocenters. The minimum atomic E-state index is 0.827. The number of hydrogen-bond acceptors (Lipinski definition) is 5. The lowest BCUT2D eigenvalue weighted by atomic mass is 10.0. The first kappa shape index (κ1) is 18.4. The fraction of sp³-hybridized carbons (Fsp3) is 0.348. The fourth-order valence-corrected chi connectivity index (χ4v) is 3.69. The van der Waals surface area contributed by atoms with Crippen molar-refractivity contribution in [2.24, 2.45) is 0 Å². The molecular formula is C23H27N5. The molecule has 1 fully saturated rings. The summed E-state index contributed by atoms with van der Waals surface area (Å²) < 4.78 is 0. The fourth-order valence-electron chi connectivity index (χ4n) is 3.69. The van der Waals surface area contributed by atoms with E-state index < -0.39 is 0 Å². The van der Waals surface area contributed by atoms with Crippen LogP contribution in [0.1, 0.15) is 27.9 Å².